The van der Waals surface area contributed by atoms with Gasteiger partial charge in [-0.3, -0.25) is 0 Å². The molecule has 0 aromatic heterocycles. The van der Waals surface area contributed by atoms with Gasteiger partial charge in [-0.05, 0) is 96.9 Å². The van der Waals surface area contributed by atoms with Gasteiger partial charge in [0.25, 0.3) is 0 Å². The highest BCUT2D eigenvalue weighted by Gasteiger charge is 2.27. The minimum Gasteiger partial charge on any atom is -0.0764 e. The molecule has 0 aliphatic heterocycles. The number of hydrogen-bond donors (Lipinski definition) is 0. The molecule has 5 rings (SSSR count). The predicted molar refractivity (Wildman–Crippen MR) is 115 cm³/mol. The van der Waals surface area contributed by atoms with Gasteiger partial charge < -0.3 is 0 Å². The second-order valence-electron chi connectivity index (χ2n) is 8.12. The molecule has 0 heterocycles. The summed E-state index contributed by atoms with van der Waals surface area (Å²) in [6.07, 6.45) is 13.5. The lowest BCUT2D eigenvalue weighted by molar-refractivity contribution is 0.677. The van der Waals surface area contributed by atoms with Crippen molar-refractivity contribution in [3.8, 4) is 0 Å². The SMILES string of the molecule is CC1=C(CCC2C=Cc3ccccc32)c2cc(Br)c3c(c2C1)CCCC3. The van der Waals surface area contributed by atoms with Gasteiger partial charge in [-0.15, -0.1) is 0 Å². The Bertz CT molecular complexity index is 945. The molecule has 0 saturated heterocycles. The lowest BCUT2D eigenvalue weighted by Crippen LogP contribution is -2.08. The van der Waals surface area contributed by atoms with Crippen LogP contribution in [0.1, 0.15) is 71.9 Å². The molecule has 1 heteroatoms. The molecule has 0 nitrogen and oxygen atoms in total. The van der Waals surface area contributed by atoms with Crippen LogP contribution in [0.15, 0.2) is 46.5 Å². The zero-order valence-corrected chi connectivity index (χ0v) is 17.0. The number of fused-ring (bicyclic) bond motifs is 4. The third-order valence-electron chi connectivity index (χ3n) is 6.61. The first-order valence-corrected chi connectivity index (χ1v) is 10.8. The molecule has 0 radical (unpaired) electrons. The van der Waals surface area contributed by atoms with Crippen LogP contribution in [0.25, 0.3) is 11.6 Å². The summed E-state index contributed by atoms with van der Waals surface area (Å²) >= 11 is 3.89. The molecule has 2 aromatic rings. The van der Waals surface area contributed by atoms with Crippen LogP contribution in [0.4, 0.5) is 0 Å². The first kappa shape index (κ1) is 16.6. The highest BCUT2D eigenvalue weighted by Crippen LogP contribution is 2.44. The summed E-state index contributed by atoms with van der Waals surface area (Å²) in [6, 6.07) is 11.3. The van der Waals surface area contributed by atoms with Crippen molar-refractivity contribution >= 4 is 27.6 Å². The van der Waals surface area contributed by atoms with E-state index >= 15 is 0 Å². The average molecular weight is 405 g/mol. The van der Waals surface area contributed by atoms with Gasteiger partial charge in [0.05, 0.1) is 0 Å². The normalized spacial score (nSPS) is 20.3. The monoisotopic (exact) mass is 404 g/mol. The van der Waals surface area contributed by atoms with Crippen molar-refractivity contribution in [2.75, 3.05) is 0 Å². The Morgan fingerprint density at radius 1 is 1.04 bits per heavy atom. The number of hydrogen-bond acceptors (Lipinski definition) is 0. The molecule has 0 amide bonds. The lowest BCUT2D eigenvalue weighted by Gasteiger charge is -2.22. The second-order valence-corrected chi connectivity index (χ2v) is 8.97. The molecular formula is C25H25Br. The Hall–Kier alpha value is -1.60. The molecular weight excluding hydrogens is 380 g/mol. The Morgan fingerprint density at radius 2 is 1.85 bits per heavy atom. The van der Waals surface area contributed by atoms with Crippen molar-refractivity contribution in [1.82, 2.24) is 0 Å². The van der Waals surface area contributed by atoms with Gasteiger partial charge in [-0.25, -0.2) is 0 Å². The quantitative estimate of drug-likeness (QED) is 0.505. The van der Waals surface area contributed by atoms with Gasteiger partial charge in [0.2, 0.25) is 0 Å². The minimum atomic E-state index is 0.580. The minimum absolute atomic E-state index is 0.580. The van der Waals surface area contributed by atoms with E-state index in [1.807, 2.05) is 0 Å². The zero-order chi connectivity index (χ0) is 17.7. The van der Waals surface area contributed by atoms with Crippen LogP contribution in [0.2, 0.25) is 0 Å². The van der Waals surface area contributed by atoms with E-state index in [9.17, 15) is 0 Å². The number of allylic oxidation sites excluding steroid dienone is 3. The summed E-state index contributed by atoms with van der Waals surface area (Å²) in [4.78, 5) is 0. The summed E-state index contributed by atoms with van der Waals surface area (Å²) in [6.45, 7) is 2.36. The molecule has 0 spiro atoms. The molecule has 132 valence electrons. The van der Waals surface area contributed by atoms with Crippen molar-refractivity contribution in [3.05, 3.63) is 79.8 Å². The van der Waals surface area contributed by atoms with Crippen LogP contribution >= 0.6 is 15.9 Å². The first-order valence-electron chi connectivity index (χ1n) is 10.0. The topological polar surface area (TPSA) is 0 Å². The van der Waals surface area contributed by atoms with E-state index in [-0.39, 0.29) is 0 Å². The van der Waals surface area contributed by atoms with Crippen molar-refractivity contribution in [1.29, 1.82) is 0 Å². The lowest BCUT2D eigenvalue weighted by atomic mass is 9.85. The summed E-state index contributed by atoms with van der Waals surface area (Å²) < 4.78 is 1.35. The largest absolute Gasteiger partial charge is 0.0764 e. The van der Waals surface area contributed by atoms with Gasteiger partial charge >= 0.3 is 0 Å². The van der Waals surface area contributed by atoms with E-state index < -0.39 is 0 Å². The predicted octanol–water partition coefficient (Wildman–Crippen LogP) is 7.25. The first-order chi connectivity index (χ1) is 12.7. The molecule has 26 heavy (non-hydrogen) atoms. The van der Waals surface area contributed by atoms with Crippen LogP contribution < -0.4 is 0 Å². The molecule has 1 atom stereocenters. The fourth-order valence-electron chi connectivity index (χ4n) is 5.26. The summed E-state index contributed by atoms with van der Waals surface area (Å²) in [5.74, 6) is 0.580. The Labute approximate surface area is 165 Å². The van der Waals surface area contributed by atoms with Gasteiger partial charge in [0, 0.05) is 10.4 Å². The van der Waals surface area contributed by atoms with Crippen LogP contribution in [-0.4, -0.2) is 0 Å². The van der Waals surface area contributed by atoms with Crippen LogP contribution in [0.5, 0.6) is 0 Å². The molecule has 2 aromatic carbocycles. The van der Waals surface area contributed by atoms with Crippen LogP contribution in [0, 0.1) is 0 Å². The molecule has 0 fully saturated rings. The zero-order valence-electron chi connectivity index (χ0n) is 15.4. The van der Waals surface area contributed by atoms with E-state index in [4.69, 9.17) is 0 Å². The number of benzene rings is 2. The van der Waals surface area contributed by atoms with Crippen LogP contribution in [-0.2, 0) is 19.3 Å². The maximum atomic E-state index is 3.89. The van der Waals surface area contributed by atoms with Crippen LogP contribution in [0.3, 0.4) is 0 Å². The average Bonchev–Trinajstić information content (AvgIpc) is 3.21. The highest BCUT2D eigenvalue weighted by molar-refractivity contribution is 9.10. The van der Waals surface area contributed by atoms with E-state index in [2.05, 4.69) is 65.3 Å². The molecule has 3 aliphatic rings. The molecule has 0 saturated carbocycles. The van der Waals surface area contributed by atoms with Crippen molar-refractivity contribution in [2.45, 2.75) is 57.8 Å². The van der Waals surface area contributed by atoms with Gasteiger partial charge in [-0.2, -0.15) is 0 Å². The van der Waals surface area contributed by atoms with E-state index in [0.717, 1.165) is 0 Å². The molecule has 3 aliphatic carbocycles. The van der Waals surface area contributed by atoms with Crippen molar-refractivity contribution < 1.29 is 0 Å². The smallest absolute Gasteiger partial charge is 0.0216 e. The second kappa shape index (κ2) is 6.53. The van der Waals surface area contributed by atoms with E-state index in [1.54, 1.807) is 33.4 Å². The van der Waals surface area contributed by atoms with Gasteiger partial charge in [-0.1, -0.05) is 57.9 Å². The third-order valence-corrected chi connectivity index (χ3v) is 7.32. The van der Waals surface area contributed by atoms with E-state index in [0.29, 0.717) is 5.92 Å². The highest BCUT2D eigenvalue weighted by atomic mass is 79.9. The molecule has 0 bridgehead atoms. The summed E-state index contributed by atoms with van der Waals surface area (Å²) in [5, 5.41) is 0. The summed E-state index contributed by atoms with van der Waals surface area (Å²) in [7, 11) is 0. The Balaban J connectivity index is 1.43. The maximum absolute atomic E-state index is 3.89. The van der Waals surface area contributed by atoms with Crippen molar-refractivity contribution in [3.63, 3.8) is 0 Å². The Morgan fingerprint density at radius 3 is 2.73 bits per heavy atom. The van der Waals surface area contributed by atoms with E-state index in [1.165, 1.54) is 60.5 Å². The van der Waals surface area contributed by atoms with Crippen molar-refractivity contribution in [2.24, 2.45) is 0 Å². The third kappa shape index (κ3) is 2.63. The standard InChI is InChI=1S/C25H25Br/c1-16-14-23-21-8-4-5-9-22(21)25(26)15-24(23)19(16)13-12-18-11-10-17-6-2-3-7-20(17)18/h2-3,6-7,10-11,15,18H,4-5,8-9,12-14H2,1H3. The molecule has 1 unspecified atom stereocenters. The Kier molecular flexibility index (Phi) is 4.16. The molecule has 0 N–H and O–H groups in total. The van der Waals surface area contributed by atoms with Gasteiger partial charge in [0.1, 0.15) is 0 Å². The number of halogens is 1. The van der Waals surface area contributed by atoms with Gasteiger partial charge in [0.15, 0.2) is 0 Å². The fraction of sp³-hybridized carbons (Fsp3) is 0.360. The summed E-state index contributed by atoms with van der Waals surface area (Å²) in [5.41, 5.74) is 12.6. The number of rotatable bonds is 3. The fourth-order valence-corrected chi connectivity index (χ4v) is 5.93. The maximum Gasteiger partial charge on any atom is 0.0216 e.